The molecule has 1 aromatic rings. The number of nitrogens with two attached hydrogens (primary N) is 1. The molecule has 1 aromatic carbocycles. The number of hydrogen-bond donors (Lipinski definition) is 2. The molecular weight excluding hydrogens is 150 g/mol. The van der Waals surface area contributed by atoms with E-state index in [1.165, 1.54) is 0 Å². The largest absolute Gasteiger partial charge is 0.507 e. The summed E-state index contributed by atoms with van der Waals surface area (Å²) in [5, 5.41) is 9.65. The zero-order chi connectivity index (χ0) is 9.30. The van der Waals surface area contributed by atoms with Crippen LogP contribution in [0.4, 0.5) is 5.69 Å². The summed E-state index contributed by atoms with van der Waals surface area (Å²) in [6.45, 7) is 5.82. The van der Waals surface area contributed by atoms with E-state index >= 15 is 0 Å². The summed E-state index contributed by atoms with van der Waals surface area (Å²) < 4.78 is 0. The van der Waals surface area contributed by atoms with Crippen molar-refractivity contribution in [3.8, 4) is 5.75 Å². The Balaban J connectivity index is 3.42. The van der Waals surface area contributed by atoms with E-state index in [1.807, 2.05) is 26.8 Å². The Kier molecular flexibility index (Phi) is 2.27. The quantitative estimate of drug-likeness (QED) is 0.494. The molecule has 0 aromatic heterocycles. The number of rotatable bonds is 1. The second-order valence-electron chi connectivity index (χ2n) is 3.09. The smallest absolute Gasteiger partial charge is 0.122 e. The minimum Gasteiger partial charge on any atom is -0.507 e. The third kappa shape index (κ3) is 1.24. The molecule has 0 aliphatic heterocycles. The fourth-order valence-electron chi connectivity index (χ4n) is 1.43. The first-order valence-corrected chi connectivity index (χ1v) is 4.15. The van der Waals surface area contributed by atoms with Gasteiger partial charge in [0.2, 0.25) is 0 Å². The predicted octanol–water partition coefficient (Wildman–Crippen LogP) is 2.15. The van der Waals surface area contributed by atoms with Gasteiger partial charge in [0.25, 0.3) is 0 Å². The predicted molar refractivity (Wildman–Crippen MR) is 51.4 cm³/mol. The SMILES string of the molecule is CCc1c(C)c(N)cc(C)c1O. The van der Waals surface area contributed by atoms with Crippen molar-refractivity contribution in [2.24, 2.45) is 0 Å². The van der Waals surface area contributed by atoms with E-state index in [4.69, 9.17) is 5.73 Å². The molecule has 0 unspecified atom stereocenters. The topological polar surface area (TPSA) is 46.2 Å². The lowest BCUT2D eigenvalue weighted by molar-refractivity contribution is 0.464. The van der Waals surface area contributed by atoms with Crippen LogP contribution in [0.1, 0.15) is 23.6 Å². The first-order chi connectivity index (χ1) is 5.57. The number of phenols is 1. The Morgan fingerprint density at radius 2 is 2.00 bits per heavy atom. The van der Waals surface area contributed by atoms with Gasteiger partial charge in [-0.05, 0) is 43.0 Å². The van der Waals surface area contributed by atoms with Gasteiger partial charge < -0.3 is 10.8 Å². The van der Waals surface area contributed by atoms with E-state index in [0.717, 1.165) is 28.8 Å². The molecule has 3 N–H and O–H groups in total. The molecule has 0 amide bonds. The monoisotopic (exact) mass is 165 g/mol. The molecule has 0 saturated carbocycles. The summed E-state index contributed by atoms with van der Waals surface area (Å²) in [6.07, 6.45) is 0.823. The van der Waals surface area contributed by atoms with Gasteiger partial charge in [0.15, 0.2) is 0 Å². The number of hydrogen-bond acceptors (Lipinski definition) is 2. The van der Waals surface area contributed by atoms with Gasteiger partial charge in [-0.2, -0.15) is 0 Å². The number of aromatic hydroxyl groups is 1. The zero-order valence-corrected chi connectivity index (χ0v) is 7.81. The van der Waals surface area contributed by atoms with Gasteiger partial charge >= 0.3 is 0 Å². The van der Waals surface area contributed by atoms with E-state index in [0.29, 0.717) is 5.75 Å². The van der Waals surface area contributed by atoms with E-state index in [2.05, 4.69) is 0 Å². The minimum absolute atomic E-state index is 0.393. The van der Waals surface area contributed by atoms with Gasteiger partial charge in [-0.3, -0.25) is 0 Å². The van der Waals surface area contributed by atoms with Gasteiger partial charge in [-0.25, -0.2) is 0 Å². The molecule has 1 rings (SSSR count). The molecule has 0 radical (unpaired) electrons. The molecule has 0 fully saturated rings. The number of nitrogen functional groups attached to an aromatic ring is 1. The normalized spacial score (nSPS) is 10.2. The van der Waals surface area contributed by atoms with Crippen LogP contribution in [0.25, 0.3) is 0 Å². The van der Waals surface area contributed by atoms with E-state index in [1.54, 1.807) is 0 Å². The highest BCUT2D eigenvalue weighted by molar-refractivity contribution is 5.58. The van der Waals surface area contributed by atoms with Gasteiger partial charge in [0, 0.05) is 5.69 Å². The third-order valence-electron chi connectivity index (χ3n) is 2.27. The molecule has 0 bridgehead atoms. The highest BCUT2D eigenvalue weighted by Crippen LogP contribution is 2.29. The van der Waals surface area contributed by atoms with Gasteiger partial charge in [-0.1, -0.05) is 6.92 Å². The molecule has 0 saturated heterocycles. The number of aryl methyl sites for hydroxylation is 1. The van der Waals surface area contributed by atoms with Crippen LogP contribution in [0.15, 0.2) is 6.07 Å². The van der Waals surface area contributed by atoms with Crippen LogP contribution in [-0.2, 0) is 6.42 Å². The third-order valence-corrected chi connectivity index (χ3v) is 2.27. The maximum Gasteiger partial charge on any atom is 0.122 e. The molecule has 0 atom stereocenters. The van der Waals surface area contributed by atoms with Crippen molar-refractivity contribution >= 4 is 5.69 Å². The molecule has 0 heterocycles. The highest BCUT2D eigenvalue weighted by Gasteiger charge is 2.08. The molecule has 2 nitrogen and oxygen atoms in total. The lowest BCUT2D eigenvalue weighted by Gasteiger charge is -2.11. The maximum absolute atomic E-state index is 9.65. The lowest BCUT2D eigenvalue weighted by atomic mass is 10.00. The first kappa shape index (κ1) is 8.91. The zero-order valence-electron chi connectivity index (χ0n) is 7.81. The lowest BCUT2D eigenvalue weighted by Crippen LogP contribution is -1.97. The Labute approximate surface area is 73.0 Å². The number of anilines is 1. The van der Waals surface area contributed by atoms with Crippen LogP contribution in [0.3, 0.4) is 0 Å². The fourth-order valence-corrected chi connectivity index (χ4v) is 1.43. The molecule has 12 heavy (non-hydrogen) atoms. The van der Waals surface area contributed by atoms with Crippen LogP contribution in [0.5, 0.6) is 5.75 Å². The minimum atomic E-state index is 0.393. The van der Waals surface area contributed by atoms with Gasteiger partial charge in [-0.15, -0.1) is 0 Å². The standard InChI is InChI=1S/C10H15NO/c1-4-8-7(3)9(11)5-6(2)10(8)12/h5,12H,4,11H2,1-3H3. The Bertz CT molecular complexity index is 279. The molecule has 0 aliphatic rings. The highest BCUT2D eigenvalue weighted by atomic mass is 16.3. The van der Waals surface area contributed by atoms with Gasteiger partial charge in [0.1, 0.15) is 5.75 Å². The molecule has 2 heteroatoms. The van der Waals surface area contributed by atoms with Crippen molar-refractivity contribution in [3.63, 3.8) is 0 Å². The molecular formula is C10H15NO. The van der Waals surface area contributed by atoms with Crippen molar-refractivity contribution in [2.75, 3.05) is 5.73 Å². The van der Waals surface area contributed by atoms with Crippen LogP contribution >= 0.6 is 0 Å². The van der Waals surface area contributed by atoms with E-state index in [9.17, 15) is 5.11 Å². The maximum atomic E-state index is 9.65. The second kappa shape index (κ2) is 3.05. The van der Waals surface area contributed by atoms with Crippen LogP contribution in [-0.4, -0.2) is 5.11 Å². The molecule has 0 aliphatic carbocycles. The second-order valence-corrected chi connectivity index (χ2v) is 3.09. The van der Waals surface area contributed by atoms with Crippen molar-refractivity contribution in [2.45, 2.75) is 27.2 Å². The average Bonchev–Trinajstić information content (AvgIpc) is 2.02. The number of benzene rings is 1. The summed E-state index contributed by atoms with van der Waals surface area (Å²) in [6, 6.07) is 1.81. The van der Waals surface area contributed by atoms with Crippen molar-refractivity contribution in [1.29, 1.82) is 0 Å². The van der Waals surface area contributed by atoms with Crippen LogP contribution in [0, 0.1) is 13.8 Å². The molecule has 0 spiro atoms. The van der Waals surface area contributed by atoms with Crippen molar-refractivity contribution in [3.05, 3.63) is 22.8 Å². The Hall–Kier alpha value is -1.18. The van der Waals surface area contributed by atoms with Gasteiger partial charge in [0.05, 0.1) is 0 Å². The summed E-state index contributed by atoms with van der Waals surface area (Å²) in [7, 11) is 0. The van der Waals surface area contributed by atoms with Crippen LogP contribution < -0.4 is 5.73 Å². The Morgan fingerprint density at radius 3 is 2.50 bits per heavy atom. The molecule has 66 valence electrons. The summed E-state index contributed by atoms with van der Waals surface area (Å²) in [5.41, 5.74) is 9.34. The Morgan fingerprint density at radius 1 is 1.42 bits per heavy atom. The van der Waals surface area contributed by atoms with Crippen molar-refractivity contribution < 1.29 is 5.11 Å². The average molecular weight is 165 g/mol. The fraction of sp³-hybridized carbons (Fsp3) is 0.400. The van der Waals surface area contributed by atoms with Crippen LogP contribution in [0.2, 0.25) is 0 Å². The first-order valence-electron chi connectivity index (χ1n) is 4.15. The van der Waals surface area contributed by atoms with Crippen molar-refractivity contribution in [1.82, 2.24) is 0 Å². The summed E-state index contributed by atoms with van der Waals surface area (Å²) in [4.78, 5) is 0. The summed E-state index contributed by atoms with van der Waals surface area (Å²) in [5.74, 6) is 0.393. The number of phenolic OH excluding ortho intramolecular Hbond substituents is 1. The summed E-state index contributed by atoms with van der Waals surface area (Å²) >= 11 is 0. The van der Waals surface area contributed by atoms with E-state index in [-0.39, 0.29) is 0 Å². The van der Waals surface area contributed by atoms with E-state index < -0.39 is 0 Å².